The lowest BCUT2D eigenvalue weighted by Crippen LogP contribution is -2.30. The largest absolute Gasteiger partial charge is 0.497 e. The van der Waals surface area contributed by atoms with E-state index in [1.54, 1.807) is 7.11 Å². The lowest BCUT2D eigenvalue weighted by atomic mass is 10.0. The molecule has 4 heteroatoms. The third-order valence-electron chi connectivity index (χ3n) is 4.55. The van der Waals surface area contributed by atoms with E-state index < -0.39 is 0 Å². The van der Waals surface area contributed by atoms with Gasteiger partial charge >= 0.3 is 0 Å². The molecule has 3 rings (SSSR count). The van der Waals surface area contributed by atoms with Gasteiger partial charge in [-0.15, -0.1) is 12.4 Å². The molecule has 0 amide bonds. The van der Waals surface area contributed by atoms with Crippen LogP contribution in [0.1, 0.15) is 37.0 Å². The molecule has 3 nitrogen and oxygen atoms in total. The van der Waals surface area contributed by atoms with Crippen LogP contribution in [0.4, 0.5) is 0 Å². The summed E-state index contributed by atoms with van der Waals surface area (Å²) in [6.07, 6.45) is 6.42. The van der Waals surface area contributed by atoms with Crippen LogP contribution in [-0.2, 0) is 6.42 Å². The number of hydrogen-bond acceptors (Lipinski definition) is 3. The van der Waals surface area contributed by atoms with Crippen molar-refractivity contribution in [1.82, 2.24) is 4.90 Å². The fourth-order valence-electron chi connectivity index (χ4n) is 3.35. The molecule has 0 N–H and O–H groups in total. The van der Waals surface area contributed by atoms with Crippen LogP contribution in [0, 0.1) is 6.92 Å². The van der Waals surface area contributed by atoms with Crippen LogP contribution >= 0.6 is 12.4 Å². The number of methoxy groups -OCH3 is 1. The highest BCUT2D eigenvalue weighted by molar-refractivity contribution is 5.85. The van der Waals surface area contributed by atoms with Crippen molar-refractivity contribution in [2.45, 2.75) is 39.0 Å². The number of nitrogens with zero attached hydrogens (tertiary/aromatic N) is 1. The molecule has 122 valence electrons. The molecule has 1 aliphatic heterocycles. The van der Waals surface area contributed by atoms with Crippen LogP contribution in [-0.4, -0.2) is 31.6 Å². The number of benzene rings is 1. The highest BCUT2D eigenvalue weighted by Gasteiger charge is 2.13. The maximum Gasteiger partial charge on any atom is 0.134 e. The number of aryl methyl sites for hydroxylation is 2. The molecule has 22 heavy (non-hydrogen) atoms. The summed E-state index contributed by atoms with van der Waals surface area (Å²) >= 11 is 0. The van der Waals surface area contributed by atoms with Crippen LogP contribution in [0.5, 0.6) is 5.75 Å². The molecule has 2 aromatic rings. The molecule has 2 heterocycles. The fourth-order valence-corrected chi connectivity index (χ4v) is 3.35. The summed E-state index contributed by atoms with van der Waals surface area (Å²) in [6.45, 7) is 5.83. The topological polar surface area (TPSA) is 25.6 Å². The Balaban J connectivity index is 0.00000176. The second-order valence-electron chi connectivity index (χ2n) is 6.00. The van der Waals surface area contributed by atoms with Gasteiger partial charge in [0.15, 0.2) is 0 Å². The van der Waals surface area contributed by atoms with Crippen LogP contribution in [0.15, 0.2) is 22.6 Å². The lowest BCUT2D eigenvalue weighted by Gasteiger charge is -2.26. The Morgan fingerprint density at radius 3 is 2.68 bits per heavy atom. The normalized spacial score (nSPS) is 15.7. The molecule has 0 bridgehead atoms. The second kappa shape index (κ2) is 7.89. The van der Waals surface area contributed by atoms with Gasteiger partial charge in [0.25, 0.3) is 0 Å². The molecule has 1 aromatic carbocycles. The number of furan rings is 1. The quantitative estimate of drug-likeness (QED) is 0.804. The highest BCUT2D eigenvalue weighted by atomic mass is 35.5. The molecule has 1 fully saturated rings. The van der Waals surface area contributed by atoms with Gasteiger partial charge in [0.1, 0.15) is 17.1 Å². The Kier molecular flexibility index (Phi) is 6.16. The summed E-state index contributed by atoms with van der Waals surface area (Å²) in [5, 5.41) is 1.21. The Hall–Kier alpha value is -1.19. The predicted octanol–water partition coefficient (Wildman–Crippen LogP) is 4.59. The number of likely N-dealkylation sites (tertiary alicyclic amines) is 1. The van der Waals surface area contributed by atoms with Gasteiger partial charge in [-0.1, -0.05) is 6.42 Å². The summed E-state index contributed by atoms with van der Waals surface area (Å²) in [5.41, 5.74) is 2.32. The SMILES string of the molecule is COc1ccc2oc(C)c(CCCN3CCCCC3)c2c1.Cl. The zero-order valence-electron chi connectivity index (χ0n) is 13.6. The first-order valence-corrected chi connectivity index (χ1v) is 8.06. The molecule has 0 spiro atoms. The van der Waals surface area contributed by atoms with E-state index in [-0.39, 0.29) is 12.4 Å². The van der Waals surface area contributed by atoms with E-state index in [1.165, 1.54) is 56.3 Å². The molecular weight excluding hydrogens is 298 g/mol. The summed E-state index contributed by atoms with van der Waals surface area (Å²) in [4.78, 5) is 2.60. The van der Waals surface area contributed by atoms with Crippen molar-refractivity contribution < 1.29 is 9.15 Å². The molecule has 0 atom stereocenters. The maximum absolute atomic E-state index is 5.87. The highest BCUT2D eigenvalue weighted by Crippen LogP contribution is 2.30. The molecule has 0 radical (unpaired) electrons. The molecule has 0 saturated carbocycles. The smallest absolute Gasteiger partial charge is 0.134 e. The number of halogens is 1. The number of piperidine rings is 1. The van der Waals surface area contributed by atoms with Crippen LogP contribution < -0.4 is 4.74 Å². The van der Waals surface area contributed by atoms with Crippen molar-refractivity contribution in [2.24, 2.45) is 0 Å². The standard InChI is InChI=1S/C18H25NO2.ClH/c1-14-16(7-6-12-19-10-4-3-5-11-19)17-13-15(20-2)8-9-18(17)21-14;/h8-9,13H,3-7,10-12H2,1-2H3;1H. The monoisotopic (exact) mass is 323 g/mol. The van der Waals surface area contributed by atoms with Gasteiger partial charge in [0, 0.05) is 10.9 Å². The van der Waals surface area contributed by atoms with E-state index in [0.717, 1.165) is 23.5 Å². The van der Waals surface area contributed by atoms with Crippen molar-refractivity contribution in [3.63, 3.8) is 0 Å². The van der Waals surface area contributed by atoms with E-state index in [2.05, 4.69) is 17.9 Å². The maximum atomic E-state index is 5.87. The van der Waals surface area contributed by atoms with Crippen molar-refractivity contribution in [3.8, 4) is 5.75 Å². The van der Waals surface area contributed by atoms with Crippen LogP contribution in [0.2, 0.25) is 0 Å². The summed E-state index contributed by atoms with van der Waals surface area (Å²) < 4.78 is 11.2. The first kappa shape index (κ1) is 17.2. The van der Waals surface area contributed by atoms with Gasteiger partial charge in [-0.25, -0.2) is 0 Å². The zero-order valence-corrected chi connectivity index (χ0v) is 14.4. The molecule has 1 saturated heterocycles. The van der Waals surface area contributed by atoms with Gasteiger partial charge in [-0.2, -0.15) is 0 Å². The van der Waals surface area contributed by atoms with Crippen molar-refractivity contribution in [1.29, 1.82) is 0 Å². The first-order valence-electron chi connectivity index (χ1n) is 8.06. The summed E-state index contributed by atoms with van der Waals surface area (Å²) in [7, 11) is 1.71. The van der Waals surface area contributed by atoms with Crippen LogP contribution in [0.3, 0.4) is 0 Å². The zero-order chi connectivity index (χ0) is 14.7. The number of hydrogen-bond donors (Lipinski definition) is 0. The number of rotatable bonds is 5. The van der Waals surface area contributed by atoms with Crippen molar-refractivity contribution >= 4 is 23.4 Å². The van der Waals surface area contributed by atoms with E-state index in [9.17, 15) is 0 Å². The van der Waals surface area contributed by atoms with E-state index in [1.807, 2.05) is 12.1 Å². The minimum Gasteiger partial charge on any atom is -0.497 e. The minimum atomic E-state index is 0. The number of ether oxygens (including phenoxy) is 1. The Morgan fingerprint density at radius 2 is 1.95 bits per heavy atom. The average molecular weight is 324 g/mol. The molecular formula is C18H26ClNO2. The van der Waals surface area contributed by atoms with Crippen molar-refractivity contribution in [2.75, 3.05) is 26.7 Å². The average Bonchev–Trinajstić information content (AvgIpc) is 2.83. The third-order valence-corrected chi connectivity index (χ3v) is 4.55. The molecule has 0 unspecified atom stereocenters. The Morgan fingerprint density at radius 1 is 1.18 bits per heavy atom. The third kappa shape index (κ3) is 3.76. The molecule has 0 aliphatic carbocycles. The Bertz CT molecular complexity index is 602. The lowest BCUT2D eigenvalue weighted by molar-refractivity contribution is 0.226. The van der Waals surface area contributed by atoms with Gasteiger partial charge in [-0.3, -0.25) is 0 Å². The van der Waals surface area contributed by atoms with E-state index in [4.69, 9.17) is 9.15 Å². The van der Waals surface area contributed by atoms with Crippen molar-refractivity contribution in [3.05, 3.63) is 29.5 Å². The predicted molar refractivity (Wildman–Crippen MR) is 93.4 cm³/mol. The van der Waals surface area contributed by atoms with Gasteiger partial charge in [-0.05, 0) is 70.4 Å². The molecule has 1 aromatic heterocycles. The van der Waals surface area contributed by atoms with Gasteiger partial charge in [0.2, 0.25) is 0 Å². The van der Waals surface area contributed by atoms with E-state index in [0.29, 0.717) is 0 Å². The number of fused-ring (bicyclic) bond motifs is 1. The fraction of sp³-hybridized carbons (Fsp3) is 0.556. The summed E-state index contributed by atoms with van der Waals surface area (Å²) in [5.74, 6) is 1.96. The second-order valence-corrected chi connectivity index (χ2v) is 6.00. The van der Waals surface area contributed by atoms with E-state index >= 15 is 0 Å². The minimum absolute atomic E-state index is 0. The van der Waals surface area contributed by atoms with Gasteiger partial charge < -0.3 is 14.1 Å². The van der Waals surface area contributed by atoms with Crippen LogP contribution in [0.25, 0.3) is 11.0 Å². The van der Waals surface area contributed by atoms with Gasteiger partial charge in [0.05, 0.1) is 7.11 Å². The first-order chi connectivity index (χ1) is 10.3. The Labute approximate surface area is 139 Å². The summed E-state index contributed by atoms with van der Waals surface area (Å²) in [6, 6.07) is 6.07. The molecule has 1 aliphatic rings.